The summed E-state index contributed by atoms with van der Waals surface area (Å²) in [6.07, 6.45) is 2.95. The third-order valence-corrected chi connectivity index (χ3v) is 7.14. The molecule has 0 aromatic heterocycles. The van der Waals surface area contributed by atoms with Crippen molar-refractivity contribution in [1.29, 1.82) is 0 Å². The molecule has 2 heterocycles. The molecule has 2 aliphatic rings. The molecule has 1 amide bonds. The highest BCUT2D eigenvalue weighted by atomic mass is 16.5. The monoisotopic (exact) mass is 411 g/mol. The van der Waals surface area contributed by atoms with Crippen molar-refractivity contribution in [1.82, 2.24) is 19.9 Å². The molecular weight excluding hydrogens is 368 g/mol. The number of likely N-dealkylation sites (N-methyl/N-ethyl adjacent to an activating group) is 2. The lowest BCUT2D eigenvalue weighted by molar-refractivity contribution is -0.293. The van der Waals surface area contributed by atoms with E-state index in [0.717, 1.165) is 12.8 Å². The minimum absolute atomic E-state index is 0.0540. The second kappa shape index (κ2) is 7.75. The van der Waals surface area contributed by atoms with Crippen LogP contribution in [0.5, 0.6) is 0 Å². The second-order valence-electron chi connectivity index (χ2n) is 11.9. The van der Waals surface area contributed by atoms with Crippen molar-refractivity contribution in [2.45, 2.75) is 115 Å². The van der Waals surface area contributed by atoms with Crippen LogP contribution in [0, 0.1) is 0 Å². The van der Waals surface area contributed by atoms with Gasteiger partial charge in [-0.05, 0) is 88.1 Å². The first-order valence-electron chi connectivity index (χ1n) is 10.8. The molecular formula is C22H43N4O3. The Bertz CT molecular complexity index is 581. The van der Waals surface area contributed by atoms with Crippen molar-refractivity contribution in [2.75, 3.05) is 20.6 Å². The molecule has 0 aromatic rings. The lowest BCUT2D eigenvalue weighted by Crippen LogP contribution is -2.64. The summed E-state index contributed by atoms with van der Waals surface area (Å²) in [6.45, 7) is 16.4. The van der Waals surface area contributed by atoms with Crippen LogP contribution in [0.3, 0.4) is 0 Å². The zero-order valence-electron chi connectivity index (χ0n) is 20.2. The Balaban J connectivity index is 2.06. The lowest BCUT2D eigenvalue weighted by Gasteiger charge is -2.53. The summed E-state index contributed by atoms with van der Waals surface area (Å²) in [5.74, 6) is 0.0884. The maximum absolute atomic E-state index is 13.1. The Kier molecular flexibility index (Phi) is 6.56. The van der Waals surface area contributed by atoms with E-state index in [0.29, 0.717) is 19.4 Å². The largest absolute Gasteiger partial charge is 0.342 e. The van der Waals surface area contributed by atoms with Gasteiger partial charge in [-0.25, -0.2) is 0 Å². The molecule has 0 aliphatic carbocycles. The van der Waals surface area contributed by atoms with Gasteiger partial charge in [0.15, 0.2) is 0 Å². The van der Waals surface area contributed by atoms with E-state index in [1.165, 1.54) is 10.1 Å². The highest BCUT2D eigenvalue weighted by Crippen LogP contribution is 2.40. The normalized spacial score (nSPS) is 27.9. The third kappa shape index (κ3) is 4.96. The molecule has 0 aromatic carbocycles. The number of carbonyl (C=O) groups is 1. The standard InChI is InChI=1S/C22H43N4O3/c1-19(2)11-16(12-20(3,4)25(19)28)23(9)15-18(27)24(10)17-13-21(5,6)26(29)22(7,8)14-17/h16-17,28H,11-15H2,1-10H3. The van der Waals surface area contributed by atoms with Gasteiger partial charge in [0.25, 0.3) is 0 Å². The van der Waals surface area contributed by atoms with E-state index in [2.05, 4.69) is 4.90 Å². The Morgan fingerprint density at radius 2 is 1.21 bits per heavy atom. The lowest BCUT2D eigenvalue weighted by atomic mass is 9.78. The summed E-state index contributed by atoms with van der Waals surface area (Å²) < 4.78 is 0. The van der Waals surface area contributed by atoms with Crippen LogP contribution in [0.2, 0.25) is 0 Å². The van der Waals surface area contributed by atoms with Gasteiger partial charge in [0.05, 0.1) is 6.54 Å². The molecule has 1 radical (unpaired) electrons. The van der Waals surface area contributed by atoms with Crippen LogP contribution in [0.25, 0.3) is 0 Å². The number of hydroxylamine groups is 4. The van der Waals surface area contributed by atoms with Crippen LogP contribution in [0.15, 0.2) is 0 Å². The number of piperidine rings is 2. The molecule has 2 saturated heterocycles. The van der Waals surface area contributed by atoms with E-state index < -0.39 is 11.1 Å². The van der Waals surface area contributed by atoms with E-state index in [9.17, 15) is 15.2 Å². The third-order valence-electron chi connectivity index (χ3n) is 7.14. The van der Waals surface area contributed by atoms with Crippen molar-refractivity contribution < 1.29 is 15.2 Å². The first-order valence-corrected chi connectivity index (χ1v) is 10.8. The van der Waals surface area contributed by atoms with E-state index in [4.69, 9.17) is 0 Å². The predicted molar refractivity (Wildman–Crippen MR) is 114 cm³/mol. The Morgan fingerprint density at radius 3 is 1.62 bits per heavy atom. The molecule has 29 heavy (non-hydrogen) atoms. The molecule has 1 N–H and O–H groups in total. The molecule has 2 fully saturated rings. The molecule has 0 saturated carbocycles. The van der Waals surface area contributed by atoms with Crippen LogP contribution in [0.1, 0.15) is 81.1 Å². The molecule has 0 spiro atoms. The van der Waals surface area contributed by atoms with Crippen LogP contribution in [-0.4, -0.2) is 85.9 Å². The average molecular weight is 412 g/mol. The summed E-state index contributed by atoms with van der Waals surface area (Å²) in [5, 5.41) is 25.8. The van der Waals surface area contributed by atoms with E-state index >= 15 is 0 Å². The van der Waals surface area contributed by atoms with Crippen molar-refractivity contribution in [2.24, 2.45) is 0 Å². The second-order valence-corrected chi connectivity index (χ2v) is 11.9. The smallest absolute Gasteiger partial charge is 0.236 e. The Morgan fingerprint density at radius 1 is 0.828 bits per heavy atom. The molecule has 0 bridgehead atoms. The van der Waals surface area contributed by atoms with Crippen molar-refractivity contribution in [3.05, 3.63) is 0 Å². The summed E-state index contributed by atoms with van der Waals surface area (Å²) in [6, 6.07) is 0.274. The van der Waals surface area contributed by atoms with Crippen LogP contribution in [0.4, 0.5) is 0 Å². The van der Waals surface area contributed by atoms with Gasteiger partial charge in [-0.1, -0.05) is 0 Å². The predicted octanol–water partition coefficient (Wildman–Crippen LogP) is 3.15. The van der Waals surface area contributed by atoms with E-state index in [1.54, 1.807) is 0 Å². The van der Waals surface area contributed by atoms with Crippen molar-refractivity contribution >= 4 is 5.91 Å². The minimum Gasteiger partial charge on any atom is -0.342 e. The number of carbonyl (C=O) groups excluding carboxylic acids is 1. The highest BCUT2D eigenvalue weighted by Gasteiger charge is 2.49. The molecule has 0 unspecified atom stereocenters. The van der Waals surface area contributed by atoms with E-state index in [1.807, 2.05) is 74.4 Å². The summed E-state index contributed by atoms with van der Waals surface area (Å²) >= 11 is 0. The van der Waals surface area contributed by atoms with Gasteiger partial charge < -0.3 is 10.1 Å². The Labute approximate surface area is 177 Å². The van der Waals surface area contributed by atoms with Crippen molar-refractivity contribution in [3.63, 3.8) is 0 Å². The SMILES string of the molecule is CN(CC(=O)N(C)C1CC(C)(C)N([O])C(C)(C)C1)C1CC(C)(C)N(O)C(C)(C)C1. The van der Waals surface area contributed by atoms with Crippen LogP contribution in [-0.2, 0) is 10.0 Å². The molecule has 2 aliphatic heterocycles. The maximum Gasteiger partial charge on any atom is 0.236 e. The van der Waals surface area contributed by atoms with Gasteiger partial charge in [-0.2, -0.15) is 5.06 Å². The van der Waals surface area contributed by atoms with Gasteiger partial charge in [-0.3, -0.25) is 9.69 Å². The fourth-order valence-corrected chi connectivity index (χ4v) is 5.67. The van der Waals surface area contributed by atoms with Crippen LogP contribution < -0.4 is 0 Å². The van der Waals surface area contributed by atoms with Gasteiger partial charge in [-0.15, -0.1) is 10.3 Å². The fraction of sp³-hybridized carbons (Fsp3) is 0.955. The molecule has 0 atom stereocenters. The quantitative estimate of drug-likeness (QED) is 0.769. The topological polar surface area (TPSA) is 70.2 Å². The average Bonchev–Trinajstić information content (AvgIpc) is 2.55. The summed E-state index contributed by atoms with van der Waals surface area (Å²) in [4.78, 5) is 17.1. The van der Waals surface area contributed by atoms with Gasteiger partial charge in [0.1, 0.15) is 0 Å². The fourth-order valence-electron chi connectivity index (χ4n) is 5.67. The van der Waals surface area contributed by atoms with Crippen molar-refractivity contribution in [3.8, 4) is 0 Å². The molecule has 7 nitrogen and oxygen atoms in total. The Hall–Kier alpha value is -0.730. The zero-order valence-corrected chi connectivity index (χ0v) is 20.2. The summed E-state index contributed by atoms with van der Waals surface area (Å²) in [7, 11) is 3.88. The van der Waals surface area contributed by atoms with Crippen LogP contribution >= 0.6 is 0 Å². The minimum atomic E-state index is -0.491. The molecule has 169 valence electrons. The maximum atomic E-state index is 13.1. The number of rotatable bonds is 4. The molecule has 7 heteroatoms. The highest BCUT2D eigenvalue weighted by molar-refractivity contribution is 5.78. The first-order chi connectivity index (χ1) is 12.9. The van der Waals surface area contributed by atoms with Gasteiger partial charge in [0.2, 0.25) is 5.91 Å². The number of hydrogen-bond acceptors (Lipinski definition) is 5. The summed E-state index contributed by atoms with van der Waals surface area (Å²) in [5.41, 5.74) is -1.67. The first kappa shape index (κ1) is 24.5. The van der Waals surface area contributed by atoms with Gasteiger partial charge in [0, 0.05) is 41.3 Å². The molecule has 2 rings (SSSR count). The number of nitrogens with zero attached hydrogens (tertiary/aromatic N) is 4. The number of hydrogen-bond donors (Lipinski definition) is 1. The zero-order chi connectivity index (χ0) is 22.6. The number of amides is 1. The van der Waals surface area contributed by atoms with Gasteiger partial charge >= 0.3 is 0 Å². The van der Waals surface area contributed by atoms with E-state index in [-0.39, 0.29) is 29.1 Å².